The van der Waals surface area contributed by atoms with Gasteiger partial charge >= 0.3 is 0 Å². The second-order valence-electron chi connectivity index (χ2n) is 6.13. The molecule has 1 aromatic carbocycles. The maximum atomic E-state index is 13.2. The molecule has 2 heterocycles. The molecular weight excluding hydrogens is 340 g/mol. The summed E-state index contributed by atoms with van der Waals surface area (Å²) in [6.45, 7) is 2.42. The quantitative estimate of drug-likeness (QED) is 0.460. The van der Waals surface area contributed by atoms with Crippen molar-refractivity contribution in [2.24, 2.45) is 5.73 Å². The largest absolute Gasteiger partial charge is 0.383 e. The molecule has 0 radical (unpaired) electrons. The highest BCUT2D eigenvalue weighted by Gasteiger charge is 2.19. The Kier molecular flexibility index (Phi) is 5.30. The van der Waals surface area contributed by atoms with E-state index in [9.17, 15) is 4.79 Å². The third-order valence-electron chi connectivity index (χ3n) is 4.37. The van der Waals surface area contributed by atoms with Crippen LogP contribution in [0.15, 0.2) is 53.6 Å². The van der Waals surface area contributed by atoms with Crippen molar-refractivity contribution in [1.82, 2.24) is 14.5 Å². The van der Waals surface area contributed by atoms with Crippen molar-refractivity contribution in [3.05, 3.63) is 75.8 Å². The van der Waals surface area contributed by atoms with Gasteiger partial charge in [-0.05, 0) is 29.7 Å². The minimum Gasteiger partial charge on any atom is -0.383 e. The van der Waals surface area contributed by atoms with Crippen LogP contribution in [0, 0.1) is 5.41 Å². The van der Waals surface area contributed by atoms with Crippen LogP contribution in [0.5, 0.6) is 0 Å². The van der Waals surface area contributed by atoms with Crippen molar-refractivity contribution in [1.29, 1.82) is 5.41 Å². The molecular formula is C20H22N6O. The predicted octanol–water partition coefficient (Wildman–Crippen LogP) is 2.24. The number of aromatic nitrogens is 3. The molecule has 0 saturated heterocycles. The van der Waals surface area contributed by atoms with Crippen LogP contribution < -0.4 is 16.6 Å². The van der Waals surface area contributed by atoms with Gasteiger partial charge in [0.25, 0.3) is 5.56 Å². The van der Waals surface area contributed by atoms with E-state index < -0.39 is 0 Å². The van der Waals surface area contributed by atoms with Crippen molar-refractivity contribution in [2.75, 3.05) is 12.4 Å². The molecule has 0 aliphatic rings. The maximum absolute atomic E-state index is 13.2. The molecule has 0 aliphatic carbocycles. The van der Waals surface area contributed by atoms with Crippen LogP contribution in [0.25, 0.3) is 11.4 Å². The van der Waals surface area contributed by atoms with Gasteiger partial charge in [-0.25, -0.2) is 4.98 Å². The van der Waals surface area contributed by atoms with Gasteiger partial charge in [-0.15, -0.1) is 0 Å². The van der Waals surface area contributed by atoms with Crippen molar-refractivity contribution in [3.8, 4) is 11.4 Å². The topological polar surface area (TPSA) is 110 Å². The standard InChI is InChI=1S/C20H22N6O/c1-3-13-6-8-14(9-7-13)12-26-19(15-5-4-10-24-11-15)25-18(23-2)16(17(21)22)20(26)27/h4-11,23H,3,12H2,1-2H3,(H3,21,22). The van der Waals surface area contributed by atoms with Crippen LogP contribution in [-0.2, 0) is 13.0 Å². The van der Waals surface area contributed by atoms with Crippen molar-refractivity contribution in [3.63, 3.8) is 0 Å². The van der Waals surface area contributed by atoms with Gasteiger partial charge in [0, 0.05) is 25.0 Å². The van der Waals surface area contributed by atoms with Gasteiger partial charge < -0.3 is 11.1 Å². The minimum absolute atomic E-state index is 0.0651. The van der Waals surface area contributed by atoms with E-state index in [-0.39, 0.29) is 22.8 Å². The number of nitrogen functional groups attached to an aromatic ring is 1. The van der Waals surface area contributed by atoms with Gasteiger partial charge in [0.05, 0.1) is 6.54 Å². The van der Waals surface area contributed by atoms with Gasteiger partial charge in [-0.3, -0.25) is 19.8 Å². The molecule has 0 amide bonds. The molecule has 0 unspecified atom stereocenters. The summed E-state index contributed by atoms with van der Waals surface area (Å²) in [6, 6.07) is 11.7. The number of hydrogen-bond acceptors (Lipinski definition) is 5. The first kappa shape index (κ1) is 18.3. The molecule has 27 heavy (non-hydrogen) atoms. The van der Waals surface area contributed by atoms with E-state index in [0.717, 1.165) is 12.0 Å². The van der Waals surface area contributed by atoms with Crippen LogP contribution in [-0.4, -0.2) is 27.4 Å². The lowest BCUT2D eigenvalue weighted by atomic mass is 10.1. The zero-order valence-electron chi connectivity index (χ0n) is 15.4. The fourth-order valence-corrected chi connectivity index (χ4v) is 2.90. The van der Waals surface area contributed by atoms with E-state index in [2.05, 4.69) is 22.2 Å². The number of nitrogens with two attached hydrogens (primary N) is 1. The molecule has 0 saturated carbocycles. The third-order valence-corrected chi connectivity index (χ3v) is 4.37. The smallest absolute Gasteiger partial charge is 0.267 e. The summed E-state index contributed by atoms with van der Waals surface area (Å²) in [4.78, 5) is 21.8. The summed E-state index contributed by atoms with van der Waals surface area (Å²) in [6.07, 6.45) is 4.28. The summed E-state index contributed by atoms with van der Waals surface area (Å²) in [7, 11) is 1.65. The van der Waals surface area contributed by atoms with Gasteiger partial charge in [-0.2, -0.15) is 0 Å². The molecule has 7 nitrogen and oxygen atoms in total. The zero-order valence-corrected chi connectivity index (χ0v) is 15.4. The Morgan fingerprint density at radius 3 is 2.48 bits per heavy atom. The zero-order chi connectivity index (χ0) is 19.4. The van der Waals surface area contributed by atoms with E-state index in [4.69, 9.17) is 11.1 Å². The first-order chi connectivity index (χ1) is 13.0. The minimum atomic E-state index is -0.361. The molecule has 2 aromatic heterocycles. The van der Waals surface area contributed by atoms with Gasteiger partial charge in [0.1, 0.15) is 23.0 Å². The van der Waals surface area contributed by atoms with Gasteiger partial charge in [0.15, 0.2) is 0 Å². The van der Waals surface area contributed by atoms with Crippen LogP contribution >= 0.6 is 0 Å². The summed E-state index contributed by atoms with van der Waals surface area (Å²) in [5, 5.41) is 10.7. The SMILES string of the molecule is CCc1ccc(Cn2c(-c3cccnc3)nc(NC)c(C(=N)N)c2=O)cc1. The Hall–Kier alpha value is -3.48. The highest BCUT2D eigenvalue weighted by molar-refractivity contribution is 5.99. The second kappa shape index (κ2) is 7.82. The average Bonchev–Trinajstić information content (AvgIpc) is 2.70. The number of anilines is 1. The number of benzene rings is 1. The highest BCUT2D eigenvalue weighted by atomic mass is 16.1. The summed E-state index contributed by atoms with van der Waals surface area (Å²) in [5.74, 6) is 0.440. The normalized spacial score (nSPS) is 10.6. The molecule has 3 rings (SSSR count). The molecule has 7 heteroatoms. The van der Waals surface area contributed by atoms with E-state index in [1.54, 1.807) is 25.5 Å². The summed E-state index contributed by atoms with van der Waals surface area (Å²) in [5.41, 5.74) is 8.27. The lowest BCUT2D eigenvalue weighted by Crippen LogP contribution is -2.33. The molecule has 0 fully saturated rings. The number of nitrogens with zero attached hydrogens (tertiary/aromatic N) is 3. The Labute approximate surface area is 157 Å². The van der Waals surface area contributed by atoms with Crippen molar-refractivity contribution in [2.45, 2.75) is 19.9 Å². The number of amidine groups is 1. The van der Waals surface area contributed by atoms with Gasteiger partial charge in [0.2, 0.25) is 0 Å². The fraction of sp³-hybridized carbons (Fsp3) is 0.200. The van der Waals surface area contributed by atoms with E-state index in [0.29, 0.717) is 17.9 Å². The number of nitrogens with one attached hydrogen (secondary N) is 2. The first-order valence-corrected chi connectivity index (χ1v) is 8.70. The lowest BCUT2D eigenvalue weighted by Gasteiger charge is -2.16. The maximum Gasteiger partial charge on any atom is 0.267 e. The van der Waals surface area contributed by atoms with Crippen LogP contribution in [0.2, 0.25) is 0 Å². The number of hydrogen-bond donors (Lipinski definition) is 3. The summed E-state index contributed by atoms with van der Waals surface area (Å²) >= 11 is 0. The molecule has 4 N–H and O–H groups in total. The molecule has 0 bridgehead atoms. The van der Waals surface area contributed by atoms with Crippen molar-refractivity contribution >= 4 is 11.7 Å². The monoisotopic (exact) mass is 362 g/mol. The average molecular weight is 362 g/mol. The van der Waals surface area contributed by atoms with E-state index in [1.807, 2.05) is 30.3 Å². The number of rotatable bonds is 6. The molecule has 0 spiro atoms. The Morgan fingerprint density at radius 2 is 1.93 bits per heavy atom. The van der Waals surface area contributed by atoms with Crippen LogP contribution in [0.4, 0.5) is 5.82 Å². The number of aryl methyl sites for hydroxylation is 1. The molecule has 0 atom stereocenters. The van der Waals surface area contributed by atoms with E-state index >= 15 is 0 Å². The Balaban J connectivity index is 2.20. The molecule has 3 aromatic rings. The third kappa shape index (κ3) is 3.72. The van der Waals surface area contributed by atoms with Gasteiger partial charge in [-0.1, -0.05) is 31.2 Å². The highest BCUT2D eigenvalue weighted by Crippen LogP contribution is 2.20. The predicted molar refractivity (Wildman–Crippen MR) is 107 cm³/mol. The van der Waals surface area contributed by atoms with Crippen LogP contribution in [0.1, 0.15) is 23.6 Å². The lowest BCUT2D eigenvalue weighted by molar-refractivity contribution is 0.745. The fourth-order valence-electron chi connectivity index (χ4n) is 2.90. The van der Waals surface area contributed by atoms with Crippen molar-refractivity contribution < 1.29 is 0 Å². The first-order valence-electron chi connectivity index (χ1n) is 8.70. The summed E-state index contributed by atoms with van der Waals surface area (Å²) < 4.78 is 1.54. The Bertz CT molecular complexity index is 1010. The van der Waals surface area contributed by atoms with Crippen LogP contribution in [0.3, 0.4) is 0 Å². The second-order valence-corrected chi connectivity index (χ2v) is 6.13. The van der Waals surface area contributed by atoms with E-state index in [1.165, 1.54) is 10.1 Å². The Morgan fingerprint density at radius 1 is 1.22 bits per heavy atom. The number of pyridine rings is 1. The molecule has 138 valence electrons. The molecule has 0 aliphatic heterocycles.